The fraction of sp³-hybridized carbons (Fsp3) is 0.111. The van der Waals surface area contributed by atoms with Gasteiger partial charge in [-0.15, -0.1) is 0 Å². The van der Waals surface area contributed by atoms with Crippen LogP contribution in [0.25, 0.3) is 0 Å². The van der Waals surface area contributed by atoms with Gasteiger partial charge in [0.15, 0.2) is 0 Å². The lowest BCUT2D eigenvalue weighted by Crippen LogP contribution is -2.07. The van der Waals surface area contributed by atoms with Crippen LogP contribution in [0.4, 0.5) is 34.5 Å². The largest absolute Gasteiger partial charge is 0.497 e. The predicted molar refractivity (Wildman–Crippen MR) is 106 cm³/mol. The number of nitrogens with zero attached hydrogens (tertiary/aromatic N) is 4. The molecule has 0 atom stereocenters. The van der Waals surface area contributed by atoms with Gasteiger partial charge in [-0.1, -0.05) is 6.07 Å². The fourth-order valence-electron chi connectivity index (χ4n) is 2.57. The van der Waals surface area contributed by atoms with Crippen molar-refractivity contribution in [3.05, 3.63) is 74.5 Å². The number of non-ortho nitro benzene ring substituents is 1. The minimum atomic E-state index is -0.571. The molecule has 0 spiro atoms. The summed E-state index contributed by atoms with van der Waals surface area (Å²) in [6.07, 6.45) is 0. The summed E-state index contributed by atoms with van der Waals surface area (Å²) in [5, 5.41) is 28.2. The molecule has 3 rings (SSSR count). The van der Waals surface area contributed by atoms with E-state index in [1.807, 2.05) is 0 Å². The fourth-order valence-corrected chi connectivity index (χ4v) is 2.57. The number of aryl methyl sites for hydroxylation is 1. The van der Waals surface area contributed by atoms with Crippen molar-refractivity contribution in [2.75, 3.05) is 17.7 Å². The van der Waals surface area contributed by atoms with Gasteiger partial charge in [0, 0.05) is 23.5 Å². The van der Waals surface area contributed by atoms with Gasteiger partial charge in [-0.05, 0) is 37.3 Å². The molecule has 0 aliphatic rings. The standard InChI is InChI=1S/C18H16N6O5/c1-11-16(24(27)28)17(20-12-6-8-15(29-2)9-7-12)22-18(19-11)21-13-4-3-5-14(10-13)23(25)26/h3-10H,1-2H3,(H2,19,20,21,22). The molecule has 11 nitrogen and oxygen atoms in total. The van der Waals surface area contributed by atoms with Crippen molar-refractivity contribution in [3.8, 4) is 5.75 Å². The van der Waals surface area contributed by atoms with Crippen LogP contribution in [0.15, 0.2) is 48.5 Å². The second-order valence-corrected chi connectivity index (χ2v) is 5.87. The van der Waals surface area contributed by atoms with Gasteiger partial charge < -0.3 is 15.4 Å². The number of methoxy groups -OCH3 is 1. The monoisotopic (exact) mass is 396 g/mol. The molecule has 2 N–H and O–H groups in total. The average molecular weight is 396 g/mol. The Bertz CT molecular complexity index is 1070. The lowest BCUT2D eigenvalue weighted by Gasteiger charge is -2.11. The molecule has 0 radical (unpaired) electrons. The van der Waals surface area contributed by atoms with Gasteiger partial charge in [-0.25, -0.2) is 4.98 Å². The molecular formula is C18H16N6O5. The molecule has 148 valence electrons. The van der Waals surface area contributed by atoms with Crippen LogP contribution in [-0.2, 0) is 0 Å². The summed E-state index contributed by atoms with van der Waals surface area (Å²) >= 11 is 0. The van der Waals surface area contributed by atoms with Crippen LogP contribution in [-0.4, -0.2) is 26.9 Å². The van der Waals surface area contributed by atoms with E-state index >= 15 is 0 Å². The van der Waals surface area contributed by atoms with Gasteiger partial charge in [0.2, 0.25) is 11.8 Å². The van der Waals surface area contributed by atoms with E-state index in [0.29, 0.717) is 17.1 Å². The first-order valence-electron chi connectivity index (χ1n) is 8.33. The quantitative estimate of drug-likeness (QED) is 0.445. The second kappa shape index (κ2) is 8.17. The van der Waals surface area contributed by atoms with E-state index in [1.165, 1.54) is 32.2 Å². The number of hydrogen-bond donors (Lipinski definition) is 2. The van der Waals surface area contributed by atoms with Gasteiger partial charge in [-0.3, -0.25) is 20.2 Å². The number of benzene rings is 2. The molecule has 0 bridgehead atoms. The highest BCUT2D eigenvalue weighted by Crippen LogP contribution is 2.31. The maximum absolute atomic E-state index is 11.5. The summed E-state index contributed by atoms with van der Waals surface area (Å²) in [5.41, 5.74) is 0.695. The van der Waals surface area contributed by atoms with Crippen molar-refractivity contribution in [3.63, 3.8) is 0 Å². The third-order valence-electron chi connectivity index (χ3n) is 3.91. The van der Waals surface area contributed by atoms with E-state index in [9.17, 15) is 20.2 Å². The molecule has 3 aromatic rings. The molecular weight excluding hydrogens is 380 g/mol. The molecule has 0 saturated carbocycles. The van der Waals surface area contributed by atoms with E-state index < -0.39 is 9.85 Å². The summed E-state index contributed by atoms with van der Waals surface area (Å²) in [6, 6.07) is 12.6. The molecule has 1 aromatic heterocycles. The van der Waals surface area contributed by atoms with Crippen LogP contribution in [0.3, 0.4) is 0 Å². The zero-order chi connectivity index (χ0) is 21.0. The normalized spacial score (nSPS) is 10.3. The van der Waals surface area contributed by atoms with E-state index in [-0.39, 0.29) is 28.8 Å². The van der Waals surface area contributed by atoms with Gasteiger partial charge in [-0.2, -0.15) is 4.98 Å². The van der Waals surface area contributed by atoms with Gasteiger partial charge in [0.25, 0.3) is 5.69 Å². The average Bonchev–Trinajstić information content (AvgIpc) is 2.68. The maximum atomic E-state index is 11.5. The number of nitrogens with one attached hydrogen (secondary N) is 2. The lowest BCUT2D eigenvalue weighted by molar-refractivity contribution is -0.385. The molecule has 29 heavy (non-hydrogen) atoms. The number of rotatable bonds is 7. The van der Waals surface area contributed by atoms with E-state index in [2.05, 4.69) is 20.6 Å². The second-order valence-electron chi connectivity index (χ2n) is 5.87. The highest BCUT2D eigenvalue weighted by Gasteiger charge is 2.22. The van der Waals surface area contributed by atoms with E-state index in [4.69, 9.17) is 4.74 Å². The first-order valence-corrected chi connectivity index (χ1v) is 8.33. The van der Waals surface area contributed by atoms with E-state index in [1.54, 1.807) is 30.3 Å². The summed E-state index contributed by atoms with van der Waals surface area (Å²) in [6.45, 7) is 1.48. The minimum Gasteiger partial charge on any atom is -0.497 e. The van der Waals surface area contributed by atoms with Gasteiger partial charge >= 0.3 is 5.69 Å². The zero-order valence-corrected chi connectivity index (χ0v) is 15.4. The number of anilines is 4. The molecule has 0 saturated heterocycles. The van der Waals surface area contributed by atoms with Crippen molar-refractivity contribution < 1.29 is 14.6 Å². The summed E-state index contributed by atoms with van der Waals surface area (Å²) in [5.74, 6) is 0.683. The Labute approximate surface area is 164 Å². The van der Waals surface area contributed by atoms with E-state index in [0.717, 1.165) is 0 Å². The van der Waals surface area contributed by atoms with Crippen LogP contribution >= 0.6 is 0 Å². The van der Waals surface area contributed by atoms with Crippen molar-refractivity contribution in [1.82, 2.24) is 9.97 Å². The van der Waals surface area contributed by atoms with Crippen LogP contribution in [0.1, 0.15) is 5.69 Å². The number of nitro groups is 2. The maximum Gasteiger partial charge on any atom is 0.332 e. The molecule has 0 fully saturated rings. The van der Waals surface area contributed by atoms with Crippen LogP contribution < -0.4 is 15.4 Å². The van der Waals surface area contributed by atoms with Crippen LogP contribution in [0, 0.1) is 27.2 Å². The summed E-state index contributed by atoms with van der Waals surface area (Å²) in [4.78, 5) is 29.6. The summed E-state index contributed by atoms with van der Waals surface area (Å²) < 4.78 is 5.09. The van der Waals surface area contributed by atoms with Crippen molar-refractivity contribution in [2.24, 2.45) is 0 Å². The Morgan fingerprint density at radius 2 is 1.66 bits per heavy atom. The smallest absolute Gasteiger partial charge is 0.332 e. The molecule has 11 heteroatoms. The number of aromatic nitrogens is 2. The third-order valence-corrected chi connectivity index (χ3v) is 3.91. The van der Waals surface area contributed by atoms with Gasteiger partial charge in [0.05, 0.1) is 17.0 Å². The number of nitro benzene ring substituents is 1. The lowest BCUT2D eigenvalue weighted by atomic mass is 10.2. The van der Waals surface area contributed by atoms with Gasteiger partial charge in [0.1, 0.15) is 11.4 Å². The Kier molecular flexibility index (Phi) is 5.49. The SMILES string of the molecule is COc1ccc(Nc2nc(Nc3cccc([N+](=O)[O-])c3)nc(C)c2[N+](=O)[O-])cc1. The first-order chi connectivity index (χ1) is 13.9. The third kappa shape index (κ3) is 4.53. The molecule has 0 amide bonds. The molecule has 2 aromatic carbocycles. The molecule has 0 aliphatic heterocycles. The zero-order valence-electron chi connectivity index (χ0n) is 15.4. The number of ether oxygens (including phenoxy) is 1. The Hall–Kier alpha value is -4.28. The summed E-state index contributed by atoms with van der Waals surface area (Å²) in [7, 11) is 1.53. The van der Waals surface area contributed by atoms with Crippen molar-refractivity contribution in [2.45, 2.75) is 6.92 Å². The topological polar surface area (TPSA) is 145 Å². The van der Waals surface area contributed by atoms with Crippen molar-refractivity contribution in [1.29, 1.82) is 0 Å². The molecule has 0 aliphatic carbocycles. The molecule has 0 unspecified atom stereocenters. The molecule has 1 heterocycles. The minimum absolute atomic E-state index is 0.0133. The highest BCUT2D eigenvalue weighted by molar-refractivity contribution is 5.70. The Balaban J connectivity index is 1.96. The van der Waals surface area contributed by atoms with Crippen LogP contribution in [0.5, 0.6) is 5.75 Å². The highest BCUT2D eigenvalue weighted by atomic mass is 16.6. The Morgan fingerprint density at radius 1 is 0.931 bits per heavy atom. The number of hydrogen-bond acceptors (Lipinski definition) is 9. The van der Waals surface area contributed by atoms with Crippen LogP contribution in [0.2, 0.25) is 0 Å². The van der Waals surface area contributed by atoms with Crippen molar-refractivity contribution >= 4 is 34.5 Å². The predicted octanol–water partition coefficient (Wildman–Crippen LogP) is 4.10. The Morgan fingerprint density at radius 3 is 2.28 bits per heavy atom. The first kappa shape index (κ1) is 19.5.